The Morgan fingerprint density at radius 3 is 2.89 bits per heavy atom. The van der Waals surface area contributed by atoms with Gasteiger partial charge in [-0.3, -0.25) is 9.59 Å². The number of rotatable bonds is 1. The first-order chi connectivity index (χ1) is 8.58. The monoisotopic (exact) mass is 312 g/mol. The van der Waals surface area contributed by atoms with E-state index in [9.17, 15) is 14.7 Å². The second-order valence-electron chi connectivity index (χ2n) is 4.05. The Hall–Kier alpha value is -1.56. The van der Waals surface area contributed by atoms with Gasteiger partial charge in [0.2, 0.25) is 5.91 Å². The molecule has 0 radical (unpaired) electrons. The number of halogens is 1. The van der Waals surface area contributed by atoms with E-state index in [1.54, 1.807) is 17.0 Å². The van der Waals surface area contributed by atoms with E-state index in [0.29, 0.717) is 30.5 Å². The van der Waals surface area contributed by atoms with Gasteiger partial charge in [-0.15, -0.1) is 0 Å². The van der Waals surface area contributed by atoms with Crippen LogP contribution in [0.3, 0.4) is 0 Å². The summed E-state index contributed by atoms with van der Waals surface area (Å²) in [5, 5.41) is 12.5. The fraction of sp³-hybridized carbons (Fsp3) is 0.333. The molecule has 2 N–H and O–H groups in total. The second kappa shape index (κ2) is 5.39. The van der Waals surface area contributed by atoms with Gasteiger partial charge in [0, 0.05) is 30.5 Å². The summed E-state index contributed by atoms with van der Waals surface area (Å²) in [6.07, 6.45) is 0.295. The van der Waals surface area contributed by atoms with Crippen molar-refractivity contribution in [2.45, 2.75) is 6.42 Å². The van der Waals surface area contributed by atoms with Crippen molar-refractivity contribution in [2.24, 2.45) is 0 Å². The number of phenolic OH excluding ortho intramolecular Hbond substituents is 1. The molecule has 0 unspecified atom stereocenters. The van der Waals surface area contributed by atoms with Gasteiger partial charge in [-0.2, -0.15) is 0 Å². The molecule has 0 saturated carbocycles. The minimum Gasteiger partial charge on any atom is -0.507 e. The highest BCUT2D eigenvalue weighted by molar-refractivity contribution is 9.10. The number of nitrogens with zero attached hydrogens (tertiary/aromatic N) is 1. The lowest BCUT2D eigenvalue weighted by Gasteiger charge is -2.20. The zero-order chi connectivity index (χ0) is 13.1. The molecule has 2 amide bonds. The van der Waals surface area contributed by atoms with Gasteiger partial charge in [-0.1, -0.05) is 15.9 Å². The van der Waals surface area contributed by atoms with E-state index in [4.69, 9.17) is 0 Å². The number of benzene rings is 1. The zero-order valence-electron chi connectivity index (χ0n) is 9.65. The van der Waals surface area contributed by atoms with E-state index in [1.165, 1.54) is 6.07 Å². The molecule has 2 rings (SSSR count). The number of hydrogen-bond donors (Lipinski definition) is 2. The molecular weight excluding hydrogens is 300 g/mol. The van der Waals surface area contributed by atoms with Crippen molar-refractivity contribution < 1.29 is 14.7 Å². The maximum atomic E-state index is 12.2. The van der Waals surface area contributed by atoms with Crippen molar-refractivity contribution in [1.29, 1.82) is 0 Å². The number of aromatic hydroxyl groups is 1. The molecule has 18 heavy (non-hydrogen) atoms. The fourth-order valence-corrected chi connectivity index (χ4v) is 2.18. The standard InChI is InChI=1S/C12H13BrN2O3/c13-8-1-2-9(10(16)7-8)12(18)15-5-3-11(17)14-4-6-15/h1-2,7,16H,3-6H2,(H,14,17). The first kappa shape index (κ1) is 12.9. The Morgan fingerprint density at radius 1 is 1.39 bits per heavy atom. The average molecular weight is 313 g/mol. The van der Waals surface area contributed by atoms with Crippen molar-refractivity contribution >= 4 is 27.7 Å². The van der Waals surface area contributed by atoms with Crippen LogP contribution in [-0.2, 0) is 4.79 Å². The highest BCUT2D eigenvalue weighted by Gasteiger charge is 2.21. The molecule has 0 atom stereocenters. The quantitative estimate of drug-likeness (QED) is 0.816. The normalized spacial score (nSPS) is 16.1. The molecule has 0 bridgehead atoms. The molecule has 1 saturated heterocycles. The molecule has 1 fully saturated rings. The Labute approximate surface area is 113 Å². The summed E-state index contributed by atoms with van der Waals surface area (Å²) in [5.41, 5.74) is 0.257. The molecule has 1 aliphatic rings. The molecule has 96 valence electrons. The number of nitrogens with one attached hydrogen (secondary N) is 1. The third kappa shape index (κ3) is 2.81. The minimum absolute atomic E-state index is 0.0506. The van der Waals surface area contributed by atoms with Crippen molar-refractivity contribution in [1.82, 2.24) is 10.2 Å². The molecule has 6 heteroatoms. The summed E-state index contributed by atoms with van der Waals surface area (Å²) >= 11 is 3.22. The summed E-state index contributed by atoms with van der Waals surface area (Å²) in [4.78, 5) is 25.0. The molecule has 1 aromatic carbocycles. The number of phenols is 1. The Kier molecular flexibility index (Phi) is 3.86. The summed E-state index contributed by atoms with van der Waals surface area (Å²) in [6.45, 7) is 1.28. The number of amides is 2. The van der Waals surface area contributed by atoms with Gasteiger partial charge in [0.05, 0.1) is 5.56 Å². The highest BCUT2D eigenvalue weighted by atomic mass is 79.9. The van der Waals surface area contributed by atoms with Crippen molar-refractivity contribution in [2.75, 3.05) is 19.6 Å². The highest BCUT2D eigenvalue weighted by Crippen LogP contribution is 2.23. The van der Waals surface area contributed by atoms with Crippen LogP contribution in [0.25, 0.3) is 0 Å². The van der Waals surface area contributed by atoms with E-state index in [1.807, 2.05) is 0 Å². The van der Waals surface area contributed by atoms with Crippen molar-refractivity contribution in [3.05, 3.63) is 28.2 Å². The smallest absolute Gasteiger partial charge is 0.257 e. The minimum atomic E-state index is -0.253. The SMILES string of the molecule is O=C1CCN(C(=O)c2ccc(Br)cc2O)CCN1. The van der Waals surface area contributed by atoms with E-state index in [0.717, 1.165) is 0 Å². The van der Waals surface area contributed by atoms with Gasteiger partial charge in [0.25, 0.3) is 5.91 Å². The lowest BCUT2D eigenvalue weighted by Crippen LogP contribution is -2.34. The first-order valence-corrected chi connectivity index (χ1v) is 6.42. The summed E-state index contributed by atoms with van der Waals surface area (Å²) in [6, 6.07) is 4.75. The fourth-order valence-electron chi connectivity index (χ4n) is 1.83. The van der Waals surface area contributed by atoms with Crippen LogP contribution in [-0.4, -0.2) is 41.5 Å². The number of carbonyl (C=O) groups excluding carboxylic acids is 2. The molecule has 1 aromatic rings. The largest absolute Gasteiger partial charge is 0.507 e. The van der Waals surface area contributed by atoms with Gasteiger partial charge in [-0.25, -0.2) is 0 Å². The molecule has 0 aromatic heterocycles. The topological polar surface area (TPSA) is 69.6 Å². The second-order valence-corrected chi connectivity index (χ2v) is 4.97. The molecule has 5 nitrogen and oxygen atoms in total. The van der Waals surface area contributed by atoms with Crippen LogP contribution in [0.2, 0.25) is 0 Å². The maximum Gasteiger partial charge on any atom is 0.257 e. The van der Waals surface area contributed by atoms with Gasteiger partial charge >= 0.3 is 0 Å². The molecule has 1 aliphatic heterocycles. The number of carbonyl (C=O) groups is 2. The third-order valence-corrected chi connectivity index (χ3v) is 3.28. The maximum absolute atomic E-state index is 12.2. The van der Waals surface area contributed by atoms with Crippen LogP contribution in [0.1, 0.15) is 16.8 Å². The van der Waals surface area contributed by atoms with Crippen molar-refractivity contribution in [3.8, 4) is 5.75 Å². The molecule has 0 aliphatic carbocycles. The van der Waals surface area contributed by atoms with Crippen LogP contribution in [0, 0.1) is 0 Å². The summed E-state index contributed by atoms with van der Waals surface area (Å²) in [5.74, 6) is -0.361. The molecular formula is C12H13BrN2O3. The first-order valence-electron chi connectivity index (χ1n) is 5.62. The van der Waals surface area contributed by atoms with E-state index in [2.05, 4.69) is 21.2 Å². The lowest BCUT2D eigenvalue weighted by atomic mass is 10.1. The third-order valence-electron chi connectivity index (χ3n) is 2.79. The van der Waals surface area contributed by atoms with Crippen LogP contribution >= 0.6 is 15.9 Å². The van der Waals surface area contributed by atoms with Gasteiger partial charge in [0.1, 0.15) is 5.75 Å². The van der Waals surface area contributed by atoms with Gasteiger partial charge in [-0.05, 0) is 18.2 Å². The van der Waals surface area contributed by atoms with Crippen LogP contribution in [0.15, 0.2) is 22.7 Å². The molecule has 0 spiro atoms. The van der Waals surface area contributed by atoms with E-state index < -0.39 is 0 Å². The summed E-state index contributed by atoms with van der Waals surface area (Å²) in [7, 11) is 0. The van der Waals surface area contributed by atoms with E-state index >= 15 is 0 Å². The Balaban J connectivity index is 2.17. The predicted octanol–water partition coefficient (Wildman–Crippen LogP) is 1.12. The van der Waals surface area contributed by atoms with Crippen LogP contribution in [0.5, 0.6) is 5.75 Å². The van der Waals surface area contributed by atoms with Crippen molar-refractivity contribution in [3.63, 3.8) is 0 Å². The number of hydrogen-bond acceptors (Lipinski definition) is 3. The molecule has 1 heterocycles. The Morgan fingerprint density at radius 2 is 2.17 bits per heavy atom. The van der Waals surface area contributed by atoms with E-state index in [-0.39, 0.29) is 23.1 Å². The Bertz CT molecular complexity index is 490. The van der Waals surface area contributed by atoms with Gasteiger partial charge in [0.15, 0.2) is 0 Å². The lowest BCUT2D eigenvalue weighted by molar-refractivity contribution is -0.120. The van der Waals surface area contributed by atoms with Crippen LogP contribution < -0.4 is 5.32 Å². The average Bonchev–Trinajstić information content (AvgIpc) is 2.53. The predicted molar refractivity (Wildman–Crippen MR) is 69.3 cm³/mol. The van der Waals surface area contributed by atoms with Gasteiger partial charge < -0.3 is 15.3 Å². The summed E-state index contributed by atoms with van der Waals surface area (Å²) < 4.78 is 0.712. The zero-order valence-corrected chi connectivity index (χ0v) is 11.2. The van der Waals surface area contributed by atoms with Crippen LogP contribution in [0.4, 0.5) is 0 Å².